The molecule has 0 bridgehead atoms. The molecule has 2 aliphatic rings. The first-order valence-electron chi connectivity index (χ1n) is 7.61. The minimum Gasteiger partial charge on any atom is -0.372 e. The molecule has 1 unspecified atom stereocenters. The third kappa shape index (κ3) is 3.96. The Morgan fingerprint density at radius 3 is 2.65 bits per heavy atom. The minimum absolute atomic E-state index is 0.314. The zero-order valence-corrected chi connectivity index (χ0v) is 11.6. The molecule has 1 N–H and O–H groups in total. The molecular formula is C15H29NO. The Labute approximate surface area is 107 Å². The Balaban J connectivity index is 1.64. The van der Waals surface area contributed by atoms with Gasteiger partial charge in [-0.2, -0.15) is 0 Å². The lowest BCUT2D eigenvalue weighted by atomic mass is 9.83. The number of hydrogen-bond acceptors (Lipinski definition) is 2. The van der Waals surface area contributed by atoms with Crippen LogP contribution in [0.2, 0.25) is 0 Å². The lowest BCUT2D eigenvalue weighted by Crippen LogP contribution is -2.32. The Morgan fingerprint density at radius 2 is 1.94 bits per heavy atom. The largest absolute Gasteiger partial charge is 0.372 e. The van der Waals surface area contributed by atoms with Gasteiger partial charge in [-0.15, -0.1) is 0 Å². The van der Waals surface area contributed by atoms with Gasteiger partial charge in [-0.3, -0.25) is 0 Å². The van der Waals surface area contributed by atoms with Crippen LogP contribution < -0.4 is 5.32 Å². The van der Waals surface area contributed by atoms with Gasteiger partial charge >= 0.3 is 0 Å². The maximum atomic E-state index is 6.37. The molecule has 17 heavy (non-hydrogen) atoms. The van der Waals surface area contributed by atoms with Crippen molar-refractivity contribution in [1.29, 1.82) is 0 Å². The highest BCUT2D eigenvalue weighted by atomic mass is 16.5. The van der Waals surface area contributed by atoms with Gasteiger partial charge in [0.1, 0.15) is 0 Å². The lowest BCUT2D eigenvalue weighted by Gasteiger charge is -2.33. The van der Waals surface area contributed by atoms with Crippen LogP contribution in [0.25, 0.3) is 0 Å². The second-order valence-electron chi connectivity index (χ2n) is 6.27. The highest BCUT2D eigenvalue weighted by molar-refractivity contribution is 4.91. The molecule has 2 fully saturated rings. The molecule has 1 heterocycles. The van der Waals surface area contributed by atoms with E-state index in [1.807, 2.05) is 0 Å². The van der Waals surface area contributed by atoms with E-state index in [-0.39, 0.29) is 0 Å². The summed E-state index contributed by atoms with van der Waals surface area (Å²) in [6, 6.07) is 0.615. The van der Waals surface area contributed by atoms with E-state index in [0.29, 0.717) is 17.7 Å². The van der Waals surface area contributed by atoms with Crippen molar-refractivity contribution in [2.75, 3.05) is 6.54 Å². The van der Waals surface area contributed by atoms with Crippen LogP contribution in [0, 0.1) is 0 Å². The number of nitrogens with one attached hydrogen (secondary N) is 1. The summed E-state index contributed by atoms with van der Waals surface area (Å²) in [6.45, 7) is 5.57. The van der Waals surface area contributed by atoms with Gasteiger partial charge in [-0.05, 0) is 45.1 Å². The molecule has 1 atom stereocenters. The Bertz CT molecular complexity index is 221. The summed E-state index contributed by atoms with van der Waals surface area (Å²) < 4.78 is 6.37. The zero-order valence-electron chi connectivity index (χ0n) is 11.6. The summed E-state index contributed by atoms with van der Waals surface area (Å²) in [4.78, 5) is 0. The molecule has 0 amide bonds. The van der Waals surface area contributed by atoms with Gasteiger partial charge in [0.15, 0.2) is 0 Å². The maximum absolute atomic E-state index is 6.37. The third-order valence-corrected chi connectivity index (χ3v) is 4.36. The van der Waals surface area contributed by atoms with Crippen molar-refractivity contribution < 1.29 is 4.74 Å². The number of rotatable bonds is 5. The van der Waals surface area contributed by atoms with Crippen LogP contribution in [0.5, 0.6) is 0 Å². The van der Waals surface area contributed by atoms with Crippen LogP contribution in [-0.4, -0.2) is 24.3 Å². The van der Waals surface area contributed by atoms with Crippen molar-refractivity contribution in [3.05, 3.63) is 0 Å². The molecule has 2 heteroatoms. The van der Waals surface area contributed by atoms with Gasteiger partial charge in [0, 0.05) is 6.04 Å². The average Bonchev–Trinajstić information content (AvgIpc) is 2.69. The first-order chi connectivity index (χ1) is 8.20. The van der Waals surface area contributed by atoms with E-state index in [9.17, 15) is 0 Å². The van der Waals surface area contributed by atoms with Gasteiger partial charge < -0.3 is 10.1 Å². The molecule has 2 nitrogen and oxygen atoms in total. The van der Waals surface area contributed by atoms with Crippen LogP contribution in [0.3, 0.4) is 0 Å². The normalized spacial score (nSPS) is 28.1. The summed E-state index contributed by atoms with van der Waals surface area (Å²) >= 11 is 0. The molecule has 0 radical (unpaired) electrons. The van der Waals surface area contributed by atoms with E-state index in [2.05, 4.69) is 19.2 Å². The highest BCUT2D eigenvalue weighted by Gasteiger charge is 2.40. The van der Waals surface area contributed by atoms with Crippen molar-refractivity contribution in [3.63, 3.8) is 0 Å². The standard InChI is InChI=1S/C15H29NO/c1-13(2)16-12-6-7-14-8-11-15(17-14)9-4-3-5-10-15/h13-14,16H,3-12H2,1-2H3. The first kappa shape index (κ1) is 13.4. The SMILES string of the molecule is CC(C)NCCCC1CCC2(CCCCC2)O1. The number of ether oxygens (including phenoxy) is 1. The van der Waals surface area contributed by atoms with Crippen LogP contribution in [0.4, 0.5) is 0 Å². The van der Waals surface area contributed by atoms with Crippen molar-refractivity contribution in [3.8, 4) is 0 Å². The quantitative estimate of drug-likeness (QED) is 0.739. The van der Waals surface area contributed by atoms with Crippen LogP contribution >= 0.6 is 0 Å². The summed E-state index contributed by atoms with van der Waals surface area (Å²) in [5.41, 5.74) is 0.314. The molecule has 0 aromatic carbocycles. The zero-order chi connectivity index (χ0) is 12.1. The molecule has 1 aliphatic heterocycles. The predicted octanol–water partition coefficient (Wildman–Crippen LogP) is 3.65. The van der Waals surface area contributed by atoms with Crippen molar-refractivity contribution in [1.82, 2.24) is 5.32 Å². The smallest absolute Gasteiger partial charge is 0.0687 e. The monoisotopic (exact) mass is 239 g/mol. The van der Waals surface area contributed by atoms with Crippen molar-refractivity contribution in [2.24, 2.45) is 0 Å². The summed E-state index contributed by atoms with van der Waals surface area (Å²) in [6.07, 6.45) is 12.6. The van der Waals surface area contributed by atoms with Crippen molar-refractivity contribution >= 4 is 0 Å². The maximum Gasteiger partial charge on any atom is 0.0687 e. The van der Waals surface area contributed by atoms with Gasteiger partial charge in [-0.1, -0.05) is 33.1 Å². The number of hydrogen-bond donors (Lipinski definition) is 1. The van der Waals surface area contributed by atoms with Crippen molar-refractivity contribution in [2.45, 2.75) is 89.4 Å². The third-order valence-electron chi connectivity index (χ3n) is 4.36. The molecule has 0 aromatic heterocycles. The van der Waals surface area contributed by atoms with Gasteiger partial charge in [0.25, 0.3) is 0 Å². The first-order valence-corrected chi connectivity index (χ1v) is 7.61. The second-order valence-corrected chi connectivity index (χ2v) is 6.27. The second kappa shape index (κ2) is 6.19. The van der Waals surface area contributed by atoms with E-state index in [4.69, 9.17) is 4.74 Å². The fourth-order valence-electron chi connectivity index (χ4n) is 3.38. The molecule has 0 aromatic rings. The molecule has 1 spiro atoms. The topological polar surface area (TPSA) is 21.3 Å². The van der Waals surface area contributed by atoms with Gasteiger partial charge in [-0.25, -0.2) is 0 Å². The van der Waals surface area contributed by atoms with Crippen LogP contribution in [-0.2, 0) is 4.74 Å². The highest BCUT2D eigenvalue weighted by Crippen LogP contribution is 2.42. The lowest BCUT2D eigenvalue weighted by molar-refractivity contribution is -0.0659. The van der Waals surface area contributed by atoms with Crippen LogP contribution in [0.15, 0.2) is 0 Å². The predicted molar refractivity (Wildman–Crippen MR) is 72.3 cm³/mol. The molecule has 100 valence electrons. The molecule has 1 aliphatic carbocycles. The van der Waals surface area contributed by atoms with Crippen LogP contribution in [0.1, 0.15) is 71.6 Å². The van der Waals surface area contributed by atoms with E-state index in [0.717, 1.165) is 6.54 Å². The van der Waals surface area contributed by atoms with E-state index in [1.54, 1.807) is 0 Å². The fourth-order valence-corrected chi connectivity index (χ4v) is 3.38. The minimum atomic E-state index is 0.314. The van der Waals surface area contributed by atoms with E-state index >= 15 is 0 Å². The van der Waals surface area contributed by atoms with E-state index in [1.165, 1.54) is 57.8 Å². The molecule has 1 saturated heterocycles. The summed E-state index contributed by atoms with van der Waals surface area (Å²) in [5, 5.41) is 3.48. The van der Waals surface area contributed by atoms with Gasteiger partial charge in [0.05, 0.1) is 11.7 Å². The average molecular weight is 239 g/mol. The molecular weight excluding hydrogens is 210 g/mol. The Kier molecular flexibility index (Phi) is 4.87. The fraction of sp³-hybridized carbons (Fsp3) is 1.00. The Hall–Kier alpha value is -0.0800. The Morgan fingerprint density at radius 1 is 1.18 bits per heavy atom. The summed E-state index contributed by atoms with van der Waals surface area (Å²) in [7, 11) is 0. The molecule has 1 saturated carbocycles. The van der Waals surface area contributed by atoms with Gasteiger partial charge in [0.2, 0.25) is 0 Å². The van der Waals surface area contributed by atoms with E-state index < -0.39 is 0 Å². The molecule has 2 rings (SSSR count). The summed E-state index contributed by atoms with van der Waals surface area (Å²) in [5.74, 6) is 0.